The molecule has 0 saturated carbocycles. The van der Waals surface area contributed by atoms with Crippen LogP contribution < -0.4 is 5.32 Å². The molecule has 2 heterocycles. The Hall–Kier alpha value is -0.510. The first-order valence-corrected chi connectivity index (χ1v) is 10.5. The Kier molecular flexibility index (Phi) is 9.18. The number of thioether (sulfide) groups is 1. The highest BCUT2D eigenvalue weighted by atomic mass is 127. The standard InChI is InChI=1S/C20H32N4OS.HI/c1-20(2)16-24(10-13-26-20)19(21-3)22-14-17-6-4-5-7-18(17)15-23-8-11-25-12-9-23;/h4-7H,8-16H2,1-3H3,(H,21,22);1H. The molecule has 0 radical (unpaired) electrons. The van der Waals surface area contributed by atoms with Crippen LogP contribution in [0, 0.1) is 0 Å². The van der Waals surface area contributed by atoms with Crippen molar-refractivity contribution in [1.29, 1.82) is 0 Å². The summed E-state index contributed by atoms with van der Waals surface area (Å²) in [7, 11) is 1.89. The number of hydrogen-bond acceptors (Lipinski definition) is 4. The quantitative estimate of drug-likeness (QED) is 0.388. The zero-order valence-corrected chi connectivity index (χ0v) is 19.9. The van der Waals surface area contributed by atoms with Crippen LogP contribution in [0.5, 0.6) is 0 Å². The number of hydrogen-bond donors (Lipinski definition) is 1. The first-order valence-electron chi connectivity index (χ1n) is 9.54. The number of morpholine rings is 1. The largest absolute Gasteiger partial charge is 0.379 e. The molecule has 1 aromatic rings. The van der Waals surface area contributed by atoms with Gasteiger partial charge in [-0.05, 0) is 25.0 Å². The molecule has 2 aliphatic rings. The van der Waals surface area contributed by atoms with Crippen molar-refractivity contribution in [2.45, 2.75) is 31.7 Å². The lowest BCUT2D eigenvalue weighted by atomic mass is 10.1. The van der Waals surface area contributed by atoms with Crippen molar-refractivity contribution in [3.05, 3.63) is 35.4 Å². The maximum atomic E-state index is 5.47. The fourth-order valence-electron chi connectivity index (χ4n) is 3.59. The first-order chi connectivity index (χ1) is 12.6. The van der Waals surface area contributed by atoms with E-state index in [0.29, 0.717) is 0 Å². The van der Waals surface area contributed by atoms with Crippen LogP contribution in [0.2, 0.25) is 0 Å². The van der Waals surface area contributed by atoms with Gasteiger partial charge in [-0.25, -0.2) is 0 Å². The Morgan fingerprint density at radius 3 is 2.56 bits per heavy atom. The number of guanidine groups is 1. The monoisotopic (exact) mass is 504 g/mol. The topological polar surface area (TPSA) is 40.1 Å². The summed E-state index contributed by atoms with van der Waals surface area (Å²) < 4.78 is 5.75. The van der Waals surface area contributed by atoms with Crippen LogP contribution in [0.3, 0.4) is 0 Å². The Morgan fingerprint density at radius 2 is 1.89 bits per heavy atom. The lowest BCUT2D eigenvalue weighted by Crippen LogP contribution is -2.50. The van der Waals surface area contributed by atoms with E-state index in [-0.39, 0.29) is 28.7 Å². The molecule has 0 aromatic heterocycles. The van der Waals surface area contributed by atoms with Gasteiger partial charge < -0.3 is 15.0 Å². The average Bonchev–Trinajstić information content (AvgIpc) is 2.64. The molecule has 2 fully saturated rings. The molecule has 152 valence electrons. The summed E-state index contributed by atoms with van der Waals surface area (Å²) in [5.41, 5.74) is 2.75. The minimum Gasteiger partial charge on any atom is -0.379 e. The highest BCUT2D eigenvalue weighted by Gasteiger charge is 2.28. The fraction of sp³-hybridized carbons (Fsp3) is 0.650. The molecule has 7 heteroatoms. The average molecular weight is 504 g/mol. The minimum absolute atomic E-state index is 0. The van der Waals surface area contributed by atoms with Crippen LogP contribution in [0.25, 0.3) is 0 Å². The van der Waals surface area contributed by atoms with Crippen molar-refractivity contribution in [3.63, 3.8) is 0 Å². The summed E-state index contributed by atoms with van der Waals surface area (Å²) in [6, 6.07) is 8.74. The van der Waals surface area contributed by atoms with Crippen molar-refractivity contribution in [2.75, 3.05) is 52.2 Å². The Labute approximate surface area is 185 Å². The lowest BCUT2D eigenvalue weighted by Gasteiger charge is -2.39. The molecule has 1 aromatic carbocycles. The number of nitrogens with one attached hydrogen (secondary N) is 1. The third-order valence-corrected chi connectivity index (χ3v) is 6.29. The molecule has 0 bridgehead atoms. The predicted molar refractivity (Wildman–Crippen MR) is 126 cm³/mol. The van der Waals surface area contributed by atoms with E-state index in [4.69, 9.17) is 4.74 Å². The van der Waals surface area contributed by atoms with Gasteiger partial charge in [-0.1, -0.05) is 24.3 Å². The van der Waals surface area contributed by atoms with Gasteiger partial charge in [0, 0.05) is 56.8 Å². The van der Waals surface area contributed by atoms with Gasteiger partial charge in [-0.3, -0.25) is 9.89 Å². The number of aliphatic imine (C=N–C) groups is 1. The number of rotatable bonds is 4. The molecule has 2 saturated heterocycles. The van der Waals surface area contributed by atoms with Gasteiger partial charge in [0.2, 0.25) is 0 Å². The van der Waals surface area contributed by atoms with E-state index in [0.717, 1.165) is 64.2 Å². The van der Waals surface area contributed by atoms with Crippen molar-refractivity contribution >= 4 is 41.7 Å². The molecule has 1 N–H and O–H groups in total. The van der Waals surface area contributed by atoms with Crippen LogP contribution >= 0.6 is 35.7 Å². The van der Waals surface area contributed by atoms with Crippen molar-refractivity contribution in [1.82, 2.24) is 15.1 Å². The summed E-state index contributed by atoms with van der Waals surface area (Å²) in [5, 5.41) is 3.59. The molecule has 5 nitrogen and oxygen atoms in total. The van der Waals surface area contributed by atoms with Crippen molar-refractivity contribution in [2.24, 2.45) is 4.99 Å². The molecule has 27 heavy (non-hydrogen) atoms. The third-order valence-electron chi connectivity index (χ3n) is 4.99. The van der Waals surface area contributed by atoms with E-state index in [1.165, 1.54) is 11.1 Å². The maximum absolute atomic E-state index is 5.47. The Balaban J connectivity index is 0.00000261. The molecule has 0 amide bonds. The van der Waals surface area contributed by atoms with Crippen molar-refractivity contribution in [3.8, 4) is 0 Å². The van der Waals surface area contributed by atoms with E-state index in [2.05, 4.69) is 58.2 Å². The second-order valence-corrected chi connectivity index (χ2v) is 9.39. The predicted octanol–water partition coefficient (Wildman–Crippen LogP) is 3.04. The first kappa shape index (κ1) is 22.8. The smallest absolute Gasteiger partial charge is 0.193 e. The summed E-state index contributed by atoms with van der Waals surface area (Å²) in [4.78, 5) is 9.40. The van der Waals surface area contributed by atoms with E-state index < -0.39 is 0 Å². The van der Waals surface area contributed by atoms with Gasteiger partial charge >= 0.3 is 0 Å². The Morgan fingerprint density at radius 1 is 1.19 bits per heavy atom. The maximum Gasteiger partial charge on any atom is 0.193 e. The molecular weight excluding hydrogens is 471 g/mol. The molecule has 2 aliphatic heterocycles. The second-order valence-electron chi connectivity index (χ2n) is 7.59. The van der Waals surface area contributed by atoms with E-state index in [1.807, 2.05) is 18.8 Å². The number of nitrogens with zero attached hydrogens (tertiary/aromatic N) is 3. The summed E-state index contributed by atoms with van der Waals surface area (Å²) in [6.07, 6.45) is 0. The minimum atomic E-state index is 0. The summed E-state index contributed by atoms with van der Waals surface area (Å²) >= 11 is 2.05. The fourth-order valence-corrected chi connectivity index (χ4v) is 4.70. The van der Waals surface area contributed by atoms with Gasteiger partial charge in [0.15, 0.2) is 5.96 Å². The van der Waals surface area contributed by atoms with Crippen LogP contribution in [0.1, 0.15) is 25.0 Å². The molecule has 3 rings (SSSR count). The van der Waals surface area contributed by atoms with Crippen LogP contribution in [0.15, 0.2) is 29.3 Å². The zero-order chi connectivity index (χ0) is 18.4. The van der Waals surface area contributed by atoms with Crippen LogP contribution in [-0.4, -0.2) is 72.7 Å². The number of benzene rings is 1. The van der Waals surface area contributed by atoms with E-state index >= 15 is 0 Å². The van der Waals surface area contributed by atoms with E-state index in [1.54, 1.807) is 0 Å². The zero-order valence-electron chi connectivity index (χ0n) is 16.7. The highest BCUT2D eigenvalue weighted by Crippen LogP contribution is 2.29. The molecule has 0 spiro atoms. The van der Waals surface area contributed by atoms with Crippen molar-refractivity contribution < 1.29 is 4.74 Å². The SMILES string of the molecule is CN=C(NCc1ccccc1CN1CCOCC1)N1CCSC(C)(C)C1.I. The van der Waals surface area contributed by atoms with Gasteiger partial charge in [0.1, 0.15) is 0 Å². The highest BCUT2D eigenvalue weighted by molar-refractivity contribution is 14.0. The number of halogens is 1. The number of ether oxygens (including phenoxy) is 1. The van der Waals surface area contributed by atoms with E-state index in [9.17, 15) is 0 Å². The van der Waals surface area contributed by atoms with Gasteiger partial charge in [-0.15, -0.1) is 24.0 Å². The molecule has 0 aliphatic carbocycles. The summed E-state index contributed by atoms with van der Waals surface area (Å²) in [5.74, 6) is 2.17. The van der Waals surface area contributed by atoms with Gasteiger partial charge in [0.05, 0.1) is 13.2 Å². The Bertz CT molecular complexity index is 620. The van der Waals surface area contributed by atoms with Gasteiger partial charge in [-0.2, -0.15) is 11.8 Å². The normalized spacial score (nSPS) is 20.9. The third kappa shape index (κ3) is 6.80. The van der Waals surface area contributed by atoms with Crippen LogP contribution in [-0.2, 0) is 17.8 Å². The molecular formula is C20H33IN4OS. The summed E-state index contributed by atoms with van der Waals surface area (Å²) in [6.45, 7) is 12.3. The van der Waals surface area contributed by atoms with Gasteiger partial charge in [0.25, 0.3) is 0 Å². The van der Waals surface area contributed by atoms with Crippen LogP contribution in [0.4, 0.5) is 0 Å². The molecule has 0 atom stereocenters. The second kappa shape index (κ2) is 10.9. The molecule has 0 unspecified atom stereocenters. The lowest BCUT2D eigenvalue weighted by molar-refractivity contribution is 0.0341.